The number of rotatable bonds is 4. The second kappa shape index (κ2) is 7.43. The van der Waals surface area contributed by atoms with Crippen LogP contribution >= 0.6 is 0 Å². The first-order valence-electron chi connectivity index (χ1n) is 9.06. The molecule has 4 rings (SSSR count). The van der Waals surface area contributed by atoms with Crippen LogP contribution in [0.5, 0.6) is 0 Å². The van der Waals surface area contributed by atoms with E-state index in [1.54, 1.807) is 4.52 Å². The molecule has 3 heterocycles. The Kier molecular flexibility index (Phi) is 5.09. The van der Waals surface area contributed by atoms with E-state index < -0.39 is 21.8 Å². The van der Waals surface area contributed by atoms with Crippen LogP contribution < -0.4 is 0 Å². The molecule has 1 aliphatic rings. The van der Waals surface area contributed by atoms with Gasteiger partial charge in [-0.2, -0.15) is 22.6 Å². The van der Waals surface area contributed by atoms with Crippen molar-refractivity contribution < 1.29 is 21.6 Å². The van der Waals surface area contributed by atoms with Crippen LogP contribution in [0, 0.1) is 0 Å². The molecule has 3 aromatic rings. The normalized spacial score (nSPS) is 17.1. The van der Waals surface area contributed by atoms with Crippen molar-refractivity contribution in [3.05, 3.63) is 66.0 Å². The summed E-state index contributed by atoms with van der Waals surface area (Å²) < 4.78 is 66.7. The van der Waals surface area contributed by atoms with Crippen LogP contribution in [0.3, 0.4) is 0 Å². The van der Waals surface area contributed by atoms with Gasteiger partial charge in [-0.15, -0.1) is 0 Å². The lowest BCUT2D eigenvalue weighted by atomic mass is 10.2. The van der Waals surface area contributed by atoms with E-state index in [0.29, 0.717) is 19.6 Å². The summed E-state index contributed by atoms with van der Waals surface area (Å²) >= 11 is 0. The quantitative estimate of drug-likeness (QED) is 0.646. The number of hydrogen-bond donors (Lipinski definition) is 0. The molecule has 0 bridgehead atoms. The second-order valence-electron chi connectivity index (χ2n) is 6.91. The Morgan fingerprint density at radius 3 is 2.28 bits per heavy atom. The zero-order valence-corrected chi connectivity index (χ0v) is 16.2. The number of sulfonamides is 1. The molecule has 0 N–H and O–H groups in total. The molecule has 2 aromatic heterocycles. The Bertz CT molecular complexity index is 1070. The summed E-state index contributed by atoms with van der Waals surface area (Å²) in [5, 5.41) is 4.50. The highest BCUT2D eigenvalue weighted by atomic mass is 32.2. The lowest BCUT2D eigenvalue weighted by Crippen LogP contribution is -2.48. The van der Waals surface area contributed by atoms with E-state index in [0.717, 1.165) is 35.5 Å². The lowest BCUT2D eigenvalue weighted by molar-refractivity contribution is -0.137. The Balaban J connectivity index is 1.40. The highest BCUT2D eigenvalue weighted by molar-refractivity contribution is 7.89. The van der Waals surface area contributed by atoms with E-state index in [4.69, 9.17) is 0 Å². The van der Waals surface area contributed by atoms with Crippen LogP contribution in [0.1, 0.15) is 11.3 Å². The van der Waals surface area contributed by atoms with Crippen LogP contribution in [-0.2, 0) is 22.7 Å². The van der Waals surface area contributed by atoms with Gasteiger partial charge in [0.05, 0.1) is 21.7 Å². The van der Waals surface area contributed by atoms with Gasteiger partial charge in [0.25, 0.3) is 0 Å². The average molecular weight is 424 g/mol. The number of hydrogen-bond acceptors (Lipinski definition) is 4. The molecule has 6 nitrogen and oxygen atoms in total. The van der Waals surface area contributed by atoms with E-state index in [1.807, 2.05) is 30.5 Å². The number of aromatic nitrogens is 2. The molecule has 10 heteroatoms. The van der Waals surface area contributed by atoms with Crippen molar-refractivity contribution in [2.45, 2.75) is 17.6 Å². The maximum Gasteiger partial charge on any atom is 0.416 e. The highest BCUT2D eigenvalue weighted by Gasteiger charge is 2.32. The third-order valence-corrected chi connectivity index (χ3v) is 6.87. The first kappa shape index (κ1) is 19.9. The molecule has 154 valence electrons. The standard InChI is InChI=1S/C19H19F3N4O2S/c20-19(21,22)15-4-6-18(7-5-15)29(27,28)25-11-9-24(10-12-25)14-16-13-17-3-1-2-8-26(17)23-16/h1-8,13H,9-12,14H2. The number of pyridine rings is 1. The summed E-state index contributed by atoms with van der Waals surface area (Å²) in [6, 6.07) is 11.4. The van der Waals surface area contributed by atoms with Crippen molar-refractivity contribution in [3.63, 3.8) is 0 Å². The zero-order valence-electron chi connectivity index (χ0n) is 15.4. The first-order chi connectivity index (χ1) is 13.7. The van der Waals surface area contributed by atoms with Crippen molar-refractivity contribution in [1.29, 1.82) is 0 Å². The summed E-state index contributed by atoms with van der Waals surface area (Å²) in [6.07, 6.45) is -2.63. The van der Waals surface area contributed by atoms with Crippen LogP contribution in [0.25, 0.3) is 5.52 Å². The summed E-state index contributed by atoms with van der Waals surface area (Å²) in [6.45, 7) is 2.20. The molecule has 1 fully saturated rings. The average Bonchev–Trinajstić information content (AvgIpc) is 3.10. The van der Waals surface area contributed by atoms with Gasteiger partial charge in [0, 0.05) is 38.9 Å². The lowest BCUT2D eigenvalue weighted by Gasteiger charge is -2.33. The molecule has 1 aromatic carbocycles. The van der Waals surface area contributed by atoms with Gasteiger partial charge in [-0.3, -0.25) is 4.90 Å². The zero-order chi connectivity index (χ0) is 20.6. The maximum atomic E-state index is 12.7. The fourth-order valence-electron chi connectivity index (χ4n) is 3.39. The van der Waals surface area contributed by atoms with E-state index in [2.05, 4.69) is 10.00 Å². The minimum absolute atomic E-state index is 0.126. The molecule has 0 atom stereocenters. The summed E-state index contributed by atoms with van der Waals surface area (Å²) in [7, 11) is -3.82. The molecule has 0 unspecified atom stereocenters. The predicted molar refractivity (Wildman–Crippen MR) is 101 cm³/mol. The molecule has 29 heavy (non-hydrogen) atoms. The van der Waals surface area contributed by atoms with Crippen LogP contribution in [0.2, 0.25) is 0 Å². The molecule has 0 amide bonds. The predicted octanol–water partition coefficient (Wildman–Crippen LogP) is 2.86. The summed E-state index contributed by atoms with van der Waals surface area (Å²) in [5.74, 6) is 0. The van der Waals surface area contributed by atoms with Gasteiger partial charge >= 0.3 is 6.18 Å². The molecular formula is C19H19F3N4O2S. The molecule has 1 aliphatic heterocycles. The number of alkyl halides is 3. The van der Waals surface area contributed by atoms with Crippen molar-refractivity contribution in [2.75, 3.05) is 26.2 Å². The van der Waals surface area contributed by atoms with Crippen molar-refractivity contribution in [2.24, 2.45) is 0 Å². The van der Waals surface area contributed by atoms with Crippen molar-refractivity contribution in [1.82, 2.24) is 18.8 Å². The Morgan fingerprint density at radius 2 is 1.66 bits per heavy atom. The smallest absolute Gasteiger partial charge is 0.295 e. The Hall–Kier alpha value is -2.43. The monoisotopic (exact) mass is 424 g/mol. The number of nitrogens with zero attached hydrogens (tertiary/aromatic N) is 4. The van der Waals surface area contributed by atoms with Crippen LogP contribution in [-0.4, -0.2) is 53.4 Å². The van der Waals surface area contributed by atoms with Gasteiger partial charge in [-0.25, -0.2) is 12.9 Å². The summed E-state index contributed by atoms with van der Waals surface area (Å²) in [5.41, 5.74) is 1.02. The van der Waals surface area contributed by atoms with Crippen molar-refractivity contribution >= 4 is 15.5 Å². The van der Waals surface area contributed by atoms with Gasteiger partial charge in [-0.1, -0.05) is 6.07 Å². The van der Waals surface area contributed by atoms with E-state index in [1.165, 1.54) is 4.31 Å². The van der Waals surface area contributed by atoms with Crippen molar-refractivity contribution in [3.8, 4) is 0 Å². The first-order valence-corrected chi connectivity index (χ1v) is 10.5. The van der Waals surface area contributed by atoms with Gasteiger partial charge in [-0.05, 0) is 42.5 Å². The SMILES string of the molecule is O=S(=O)(c1ccc(C(F)(F)F)cc1)N1CCN(Cc2cc3ccccn3n2)CC1. The minimum Gasteiger partial charge on any atom is -0.295 e. The molecule has 0 saturated carbocycles. The highest BCUT2D eigenvalue weighted by Crippen LogP contribution is 2.30. The van der Waals surface area contributed by atoms with E-state index >= 15 is 0 Å². The third-order valence-electron chi connectivity index (χ3n) is 4.96. The molecule has 0 radical (unpaired) electrons. The van der Waals surface area contributed by atoms with E-state index in [-0.39, 0.29) is 18.0 Å². The molecule has 0 aliphatic carbocycles. The number of halogens is 3. The number of piperazine rings is 1. The second-order valence-corrected chi connectivity index (χ2v) is 8.85. The fraction of sp³-hybridized carbons (Fsp3) is 0.316. The van der Waals surface area contributed by atoms with Crippen LogP contribution in [0.15, 0.2) is 59.6 Å². The molecule has 1 saturated heterocycles. The van der Waals surface area contributed by atoms with Crippen LogP contribution in [0.4, 0.5) is 13.2 Å². The Labute approximate surface area is 166 Å². The van der Waals surface area contributed by atoms with Gasteiger partial charge in [0.15, 0.2) is 0 Å². The summed E-state index contributed by atoms with van der Waals surface area (Å²) in [4.78, 5) is 1.99. The Morgan fingerprint density at radius 1 is 0.966 bits per heavy atom. The van der Waals surface area contributed by atoms with Gasteiger partial charge in [0.1, 0.15) is 0 Å². The fourth-order valence-corrected chi connectivity index (χ4v) is 4.81. The van der Waals surface area contributed by atoms with Gasteiger partial charge in [0.2, 0.25) is 10.0 Å². The maximum absolute atomic E-state index is 12.7. The number of fused-ring (bicyclic) bond motifs is 1. The number of benzene rings is 1. The van der Waals surface area contributed by atoms with E-state index in [9.17, 15) is 21.6 Å². The molecular weight excluding hydrogens is 405 g/mol. The molecule has 0 spiro atoms. The largest absolute Gasteiger partial charge is 0.416 e. The minimum atomic E-state index is -4.49. The third kappa shape index (κ3) is 4.14. The topological polar surface area (TPSA) is 57.9 Å². The van der Waals surface area contributed by atoms with Gasteiger partial charge < -0.3 is 0 Å².